The van der Waals surface area contributed by atoms with E-state index in [1.54, 1.807) is 30.8 Å². The van der Waals surface area contributed by atoms with Crippen molar-refractivity contribution < 1.29 is 28.6 Å². The molecule has 10 heteroatoms. The number of anilines is 2. The van der Waals surface area contributed by atoms with E-state index in [1.807, 2.05) is 39.0 Å². The highest BCUT2D eigenvalue weighted by atomic mass is 16.5. The maximum absolute atomic E-state index is 14.0. The Kier molecular flexibility index (Phi) is 10.3. The second-order valence-corrected chi connectivity index (χ2v) is 12.2. The lowest BCUT2D eigenvalue weighted by atomic mass is 9.88. The number of rotatable bonds is 11. The summed E-state index contributed by atoms with van der Waals surface area (Å²) in [6.07, 6.45) is 4.15. The van der Waals surface area contributed by atoms with Gasteiger partial charge in [-0.15, -0.1) is 0 Å². The molecule has 3 aliphatic rings. The molecule has 1 saturated heterocycles. The molecule has 0 radical (unpaired) electrons. The van der Waals surface area contributed by atoms with Crippen molar-refractivity contribution in [1.29, 1.82) is 0 Å². The van der Waals surface area contributed by atoms with Gasteiger partial charge < -0.3 is 34.6 Å². The zero-order chi connectivity index (χ0) is 29.7. The number of amides is 3. The summed E-state index contributed by atoms with van der Waals surface area (Å²) in [7, 11) is 1.64. The van der Waals surface area contributed by atoms with Crippen LogP contribution in [0.2, 0.25) is 0 Å². The number of hydrogen-bond acceptors (Lipinski definition) is 7. The third-order valence-corrected chi connectivity index (χ3v) is 8.35. The first kappa shape index (κ1) is 31.3. The van der Waals surface area contributed by atoms with Crippen molar-refractivity contribution in [3.8, 4) is 5.75 Å². The van der Waals surface area contributed by atoms with Crippen molar-refractivity contribution in [1.82, 2.24) is 10.6 Å². The Labute approximate surface area is 244 Å². The van der Waals surface area contributed by atoms with E-state index in [4.69, 9.17) is 14.2 Å². The molecule has 1 aromatic carbocycles. The summed E-state index contributed by atoms with van der Waals surface area (Å²) >= 11 is 0. The van der Waals surface area contributed by atoms with E-state index in [9.17, 15) is 14.4 Å². The number of nitrogens with zero attached hydrogens (tertiary/aromatic N) is 2. The van der Waals surface area contributed by atoms with Gasteiger partial charge in [0.05, 0.1) is 29.7 Å². The molecule has 2 heterocycles. The van der Waals surface area contributed by atoms with Crippen molar-refractivity contribution in [3.63, 3.8) is 0 Å². The lowest BCUT2D eigenvalue weighted by molar-refractivity contribution is -0.132. The molecule has 0 bridgehead atoms. The van der Waals surface area contributed by atoms with Gasteiger partial charge in [0, 0.05) is 51.7 Å². The zero-order valence-corrected chi connectivity index (χ0v) is 25.5. The Hall–Kier alpha value is -2.69. The number of carbonyl (C=O) groups excluding carboxylic acids is 3. The lowest BCUT2D eigenvalue weighted by Crippen LogP contribution is -2.53. The molecule has 3 amide bonds. The molecule has 41 heavy (non-hydrogen) atoms. The first-order valence-corrected chi connectivity index (χ1v) is 15.2. The predicted octanol–water partition coefficient (Wildman–Crippen LogP) is 3.27. The van der Waals surface area contributed by atoms with Crippen LogP contribution in [0.25, 0.3) is 0 Å². The summed E-state index contributed by atoms with van der Waals surface area (Å²) < 4.78 is 17.1. The zero-order valence-electron chi connectivity index (χ0n) is 25.5. The van der Waals surface area contributed by atoms with Crippen LogP contribution in [-0.2, 0) is 23.9 Å². The topological polar surface area (TPSA) is 109 Å². The van der Waals surface area contributed by atoms with Crippen molar-refractivity contribution in [2.45, 2.75) is 90.5 Å². The van der Waals surface area contributed by atoms with E-state index in [-0.39, 0.29) is 47.7 Å². The molecule has 10 nitrogen and oxygen atoms in total. The number of nitrogens with one attached hydrogen (secondary N) is 2. The minimum Gasteiger partial charge on any atom is -0.476 e. The first-order valence-electron chi connectivity index (χ1n) is 15.2. The fraction of sp³-hybridized carbons (Fsp3) is 0.710. The Morgan fingerprint density at radius 1 is 1.22 bits per heavy atom. The monoisotopic (exact) mass is 572 g/mol. The highest BCUT2D eigenvalue weighted by Gasteiger charge is 2.42. The minimum absolute atomic E-state index is 0.0125. The van der Waals surface area contributed by atoms with Gasteiger partial charge in [0.2, 0.25) is 11.8 Å². The average molecular weight is 573 g/mol. The van der Waals surface area contributed by atoms with Crippen molar-refractivity contribution in [2.75, 3.05) is 49.8 Å². The number of ether oxygens (including phenoxy) is 3. The van der Waals surface area contributed by atoms with Gasteiger partial charge in [-0.1, -0.05) is 0 Å². The summed E-state index contributed by atoms with van der Waals surface area (Å²) in [4.78, 5) is 44.1. The van der Waals surface area contributed by atoms with Crippen LogP contribution in [0.3, 0.4) is 0 Å². The quantitative estimate of drug-likeness (QED) is 0.392. The van der Waals surface area contributed by atoms with Crippen LogP contribution in [0, 0.1) is 11.8 Å². The molecule has 4 rings (SSSR count). The third-order valence-electron chi connectivity index (χ3n) is 8.35. The molecule has 4 atom stereocenters. The van der Waals surface area contributed by atoms with Gasteiger partial charge in [0.1, 0.15) is 5.75 Å². The van der Waals surface area contributed by atoms with Gasteiger partial charge in [-0.3, -0.25) is 14.4 Å². The summed E-state index contributed by atoms with van der Waals surface area (Å²) in [6.45, 7) is 12.2. The van der Waals surface area contributed by atoms with Gasteiger partial charge in [-0.25, -0.2) is 0 Å². The van der Waals surface area contributed by atoms with Crippen LogP contribution in [0.4, 0.5) is 11.4 Å². The molecule has 1 aromatic rings. The molecule has 228 valence electrons. The van der Waals surface area contributed by atoms with Crippen molar-refractivity contribution >= 4 is 29.1 Å². The highest BCUT2D eigenvalue weighted by Crippen LogP contribution is 2.41. The van der Waals surface area contributed by atoms with E-state index in [2.05, 4.69) is 10.6 Å². The van der Waals surface area contributed by atoms with Crippen molar-refractivity contribution in [2.24, 2.45) is 11.8 Å². The Balaban J connectivity index is 1.51. The summed E-state index contributed by atoms with van der Waals surface area (Å²) in [5, 5.41) is 6.54. The summed E-state index contributed by atoms with van der Waals surface area (Å²) in [5.41, 5.74) is 0.370. The normalized spacial score (nSPS) is 25.5. The fourth-order valence-electron chi connectivity index (χ4n) is 6.31. The second-order valence-electron chi connectivity index (χ2n) is 12.2. The van der Waals surface area contributed by atoms with E-state index in [1.165, 1.54) is 0 Å². The second kappa shape index (κ2) is 13.5. The summed E-state index contributed by atoms with van der Waals surface area (Å²) in [5.74, 6) is -0.199. The first-order chi connectivity index (χ1) is 19.6. The number of methoxy groups -OCH3 is 1. The SMILES string of the molecule is CCO[C@H]1CCC[C@@H]1NC(=O)[C@@H]1CNC[C@H](C(=O)N(c2ccc3c(c2)N(CCCOC)C(=O)C(C)(C)O3)C(C)C)C1. The lowest BCUT2D eigenvalue weighted by Gasteiger charge is -2.40. The Morgan fingerprint density at radius 3 is 2.68 bits per heavy atom. The highest BCUT2D eigenvalue weighted by molar-refractivity contribution is 6.04. The molecule has 1 saturated carbocycles. The van der Waals surface area contributed by atoms with Crippen LogP contribution in [-0.4, -0.2) is 81.5 Å². The maximum Gasteiger partial charge on any atom is 0.270 e. The van der Waals surface area contributed by atoms with E-state index in [0.717, 1.165) is 19.3 Å². The molecule has 1 aliphatic carbocycles. The van der Waals surface area contributed by atoms with Gasteiger partial charge in [0.25, 0.3) is 5.91 Å². The number of carbonyl (C=O) groups is 3. The largest absolute Gasteiger partial charge is 0.476 e. The van der Waals surface area contributed by atoms with Crippen LogP contribution >= 0.6 is 0 Å². The van der Waals surface area contributed by atoms with E-state index in [0.29, 0.717) is 62.8 Å². The standard InChI is InChI=1S/C31H48N4O6/c1-7-40-26-11-8-10-24(26)33-28(36)21-16-22(19-32-18-21)29(37)35(20(2)3)23-12-13-27-25(17-23)34(14-9-15-39-6)30(38)31(4,5)41-27/h12-13,17,20-22,24,26,32H,7-11,14-16,18-19H2,1-6H3,(H,33,36)/t21-,22+,24-,26-/m0/s1. The number of benzene rings is 1. The average Bonchev–Trinajstić information content (AvgIpc) is 3.37. The third kappa shape index (κ3) is 7.04. The van der Waals surface area contributed by atoms with Gasteiger partial charge in [-0.05, 0) is 84.9 Å². The van der Waals surface area contributed by atoms with Crippen LogP contribution in [0.5, 0.6) is 5.75 Å². The fourth-order valence-corrected chi connectivity index (χ4v) is 6.31. The van der Waals surface area contributed by atoms with E-state index < -0.39 is 5.60 Å². The Bertz CT molecular complexity index is 1090. The van der Waals surface area contributed by atoms with Gasteiger partial charge in [-0.2, -0.15) is 0 Å². The number of piperidine rings is 1. The van der Waals surface area contributed by atoms with Gasteiger partial charge >= 0.3 is 0 Å². The Morgan fingerprint density at radius 2 is 1.98 bits per heavy atom. The maximum atomic E-state index is 14.0. The van der Waals surface area contributed by atoms with Crippen LogP contribution in [0.15, 0.2) is 18.2 Å². The number of fused-ring (bicyclic) bond motifs is 1. The molecule has 2 aliphatic heterocycles. The van der Waals surface area contributed by atoms with Crippen LogP contribution in [0.1, 0.15) is 66.7 Å². The smallest absolute Gasteiger partial charge is 0.270 e. The molecule has 0 aromatic heterocycles. The molecule has 0 spiro atoms. The summed E-state index contributed by atoms with van der Waals surface area (Å²) in [6, 6.07) is 5.50. The molecule has 0 unspecified atom stereocenters. The molecular formula is C31H48N4O6. The molecular weight excluding hydrogens is 524 g/mol. The molecule has 2 N–H and O–H groups in total. The van der Waals surface area contributed by atoms with E-state index >= 15 is 0 Å². The van der Waals surface area contributed by atoms with Crippen LogP contribution < -0.4 is 25.2 Å². The minimum atomic E-state index is -0.986. The molecule has 2 fully saturated rings. The predicted molar refractivity (Wildman–Crippen MR) is 158 cm³/mol. The number of hydrogen-bond donors (Lipinski definition) is 2. The van der Waals surface area contributed by atoms with Crippen molar-refractivity contribution in [3.05, 3.63) is 18.2 Å². The van der Waals surface area contributed by atoms with Gasteiger partial charge in [0.15, 0.2) is 5.60 Å².